The maximum atomic E-state index is 13.4. The van der Waals surface area contributed by atoms with Crippen LogP contribution in [0.2, 0.25) is 5.02 Å². The highest BCUT2D eigenvalue weighted by atomic mass is 35.5. The third kappa shape index (κ3) is 4.16. The van der Waals surface area contributed by atoms with E-state index in [-0.39, 0.29) is 16.3 Å². The van der Waals surface area contributed by atoms with Crippen LogP contribution in [0.4, 0.5) is 14.9 Å². The van der Waals surface area contributed by atoms with Crippen LogP contribution in [0.5, 0.6) is 0 Å². The quantitative estimate of drug-likeness (QED) is 0.870. The van der Waals surface area contributed by atoms with Crippen molar-refractivity contribution in [2.75, 3.05) is 5.32 Å². The predicted octanol–water partition coefficient (Wildman–Crippen LogP) is 3.32. The molecule has 0 aliphatic carbocycles. The lowest BCUT2D eigenvalue weighted by molar-refractivity contribution is 0.0636. The number of amides is 1. The van der Waals surface area contributed by atoms with E-state index in [9.17, 15) is 9.18 Å². The molecule has 0 spiro atoms. The van der Waals surface area contributed by atoms with Crippen molar-refractivity contribution < 1.29 is 19.0 Å². The SMILES string of the molecule is CC(C)(C)OC(=O)Nc1cc(Cl)c(F)c(CO)c1. The molecule has 1 aromatic rings. The fourth-order valence-corrected chi connectivity index (χ4v) is 1.49. The van der Waals surface area contributed by atoms with E-state index in [1.165, 1.54) is 12.1 Å². The van der Waals surface area contributed by atoms with Crippen LogP contribution in [0.15, 0.2) is 12.1 Å². The van der Waals surface area contributed by atoms with Crippen LogP contribution in [0.25, 0.3) is 0 Å². The summed E-state index contributed by atoms with van der Waals surface area (Å²) in [7, 11) is 0. The predicted molar refractivity (Wildman–Crippen MR) is 67.2 cm³/mol. The Balaban J connectivity index is 2.86. The molecule has 1 rings (SSSR count). The van der Waals surface area contributed by atoms with Gasteiger partial charge in [0.25, 0.3) is 0 Å². The van der Waals surface area contributed by atoms with Crippen LogP contribution in [0, 0.1) is 5.82 Å². The number of aliphatic hydroxyl groups is 1. The van der Waals surface area contributed by atoms with Gasteiger partial charge in [0.05, 0.1) is 11.6 Å². The van der Waals surface area contributed by atoms with Crippen molar-refractivity contribution in [2.24, 2.45) is 0 Å². The second-order valence-electron chi connectivity index (χ2n) is 4.72. The number of halogens is 2. The molecule has 6 heteroatoms. The molecule has 4 nitrogen and oxygen atoms in total. The molecule has 0 unspecified atom stereocenters. The van der Waals surface area contributed by atoms with E-state index in [0.717, 1.165) is 0 Å². The average Bonchev–Trinajstić information content (AvgIpc) is 2.20. The number of hydrogen-bond acceptors (Lipinski definition) is 3. The normalized spacial score (nSPS) is 11.2. The Morgan fingerprint density at radius 3 is 2.61 bits per heavy atom. The molecule has 0 fully saturated rings. The van der Waals surface area contributed by atoms with Gasteiger partial charge in [0.2, 0.25) is 0 Å². The zero-order valence-corrected chi connectivity index (χ0v) is 11.1. The summed E-state index contributed by atoms with van der Waals surface area (Å²) in [4.78, 5) is 11.5. The van der Waals surface area contributed by atoms with Gasteiger partial charge in [-0.15, -0.1) is 0 Å². The lowest BCUT2D eigenvalue weighted by atomic mass is 10.2. The molecule has 18 heavy (non-hydrogen) atoms. The first-order valence-corrected chi connectivity index (χ1v) is 5.69. The highest BCUT2D eigenvalue weighted by Gasteiger charge is 2.17. The Morgan fingerprint density at radius 1 is 1.50 bits per heavy atom. The summed E-state index contributed by atoms with van der Waals surface area (Å²) < 4.78 is 18.4. The lowest BCUT2D eigenvalue weighted by Gasteiger charge is -2.20. The van der Waals surface area contributed by atoms with Crippen LogP contribution in [-0.2, 0) is 11.3 Å². The fraction of sp³-hybridized carbons (Fsp3) is 0.417. The number of aliphatic hydroxyl groups excluding tert-OH is 1. The molecular weight excluding hydrogens is 261 g/mol. The maximum absolute atomic E-state index is 13.4. The second-order valence-corrected chi connectivity index (χ2v) is 5.12. The van der Waals surface area contributed by atoms with Crippen molar-refractivity contribution in [3.05, 3.63) is 28.5 Å². The molecule has 2 N–H and O–H groups in total. The number of anilines is 1. The van der Waals surface area contributed by atoms with Gasteiger partial charge in [0.15, 0.2) is 0 Å². The Hall–Kier alpha value is -1.33. The van der Waals surface area contributed by atoms with Crippen molar-refractivity contribution >= 4 is 23.4 Å². The molecule has 0 aliphatic rings. The van der Waals surface area contributed by atoms with Crippen LogP contribution in [-0.4, -0.2) is 16.8 Å². The number of hydrogen-bond donors (Lipinski definition) is 2. The average molecular weight is 276 g/mol. The van der Waals surface area contributed by atoms with Gasteiger partial charge in [-0.1, -0.05) is 11.6 Å². The summed E-state index contributed by atoms with van der Waals surface area (Å²) in [6, 6.07) is 2.55. The van der Waals surface area contributed by atoms with Crippen LogP contribution in [0.1, 0.15) is 26.3 Å². The summed E-state index contributed by atoms with van der Waals surface area (Å²) in [5.74, 6) is -0.700. The summed E-state index contributed by atoms with van der Waals surface area (Å²) in [6.07, 6.45) is -0.672. The molecular formula is C12H15ClFNO3. The molecule has 1 aromatic carbocycles. The summed E-state index contributed by atoms with van der Waals surface area (Å²) in [5.41, 5.74) is -0.360. The van der Waals surface area contributed by atoms with Gasteiger partial charge in [-0.3, -0.25) is 5.32 Å². The highest BCUT2D eigenvalue weighted by Crippen LogP contribution is 2.24. The minimum Gasteiger partial charge on any atom is -0.444 e. The topological polar surface area (TPSA) is 58.6 Å². The number of benzene rings is 1. The molecule has 100 valence electrons. The largest absolute Gasteiger partial charge is 0.444 e. The Kier molecular flexibility index (Phi) is 4.53. The molecule has 0 saturated carbocycles. The molecule has 0 atom stereocenters. The standard InChI is InChI=1S/C12H15ClFNO3/c1-12(2,3)18-11(17)15-8-4-7(6-16)10(14)9(13)5-8/h4-5,16H,6H2,1-3H3,(H,15,17). The van der Waals surface area contributed by atoms with Crippen molar-refractivity contribution in [2.45, 2.75) is 33.0 Å². The van der Waals surface area contributed by atoms with Crippen molar-refractivity contribution in [1.29, 1.82) is 0 Å². The van der Waals surface area contributed by atoms with Gasteiger partial charge >= 0.3 is 6.09 Å². The van der Waals surface area contributed by atoms with E-state index in [4.69, 9.17) is 21.4 Å². The highest BCUT2D eigenvalue weighted by molar-refractivity contribution is 6.31. The fourth-order valence-electron chi connectivity index (χ4n) is 1.25. The van der Waals surface area contributed by atoms with Gasteiger partial charge in [-0.05, 0) is 32.9 Å². The van der Waals surface area contributed by atoms with Gasteiger partial charge in [0.1, 0.15) is 11.4 Å². The summed E-state index contributed by atoms with van der Waals surface area (Å²) in [6.45, 7) is 4.67. The minimum absolute atomic E-state index is 0.00792. The minimum atomic E-state index is -0.700. The van der Waals surface area contributed by atoms with Gasteiger partial charge in [0, 0.05) is 11.3 Å². The summed E-state index contributed by atoms with van der Waals surface area (Å²) >= 11 is 5.64. The van der Waals surface area contributed by atoms with Gasteiger partial charge in [-0.2, -0.15) is 0 Å². The van der Waals surface area contributed by atoms with E-state index in [2.05, 4.69) is 5.32 Å². The number of carbonyl (C=O) groups excluding carboxylic acids is 1. The number of rotatable bonds is 2. The van der Waals surface area contributed by atoms with Crippen molar-refractivity contribution in [3.8, 4) is 0 Å². The van der Waals surface area contributed by atoms with E-state index < -0.39 is 24.1 Å². The summed E-state index contributed by atoms with van der Waals surface area (Å²) in [5, 5.41) is 11.2. The monoisotopic (exact) mass is 275 g/mol. The Bertz CT molecular complexity index is 457. The van der Waals surface area contributed by atoms with Crippen LogP contribution >= 0.6 is 11.6 Å². The van der Waals surface area contributed by atoms with Crippen LogP contribution in [0.3, 0.4) is 0 Å². The molecule has 0 saturated heterocycles. The first kappa shape index (κ1) is 14.7. The van der Waals surface area contributed by atoms with Crippen LogP contribution < -0.4 is 5.32 Å². The zero-order valence-electron chi connectivity index (χ0n) is 10.4. The molecule has 0 heterocycles. The third-order valence-electron chi connectivity index (χ3n) is 1.92. The maximum Gasteiger partial charge on any atom is 0.412 e. The van der Waals surface area contributed by atoms with Gasteiger partial charge in [-0.25, -0.2) is 9.18 Å². The van der Waals surface area contributed by atoms with Crippen molar-refractivity contribution in [3.63, 3.8) is 0 Å². The van der Waals surface area contributed by atoms with E-state index in [1.807, 2.05) is 0 Å². The molecule has 1 amide bonds. The molecule has 0 aliphatic heterocycles. The van der Waals surface area contributed by atoms with E-state index >= 15 is 0 Å². The van der Waals surface area contributed by atoms with E-state index in [1.54, 1.807) is 20.8 Å². The number of ether oxygens (including phenoxy) is 1. The van der Waals surface area contributed by atoms with Gasteiger partial charge < -0.3 is 9.84 Å². The first-order valence-electron chi connectivity index (χ1n) is 5.31. The number of carbonyl (C=O) groups is 1. The van der Waals surface area contributed by atoms with E-state index in [0.29, 0.717) is 0 Å². The zero-order chi connectivity index (χ0) is 13.9. The lowest BCUT2D eigenvalue weighted by Crippen LogP contribution is -2.27. The molecule has 0 radical (unpaired) electrons. The Labute approximate surface area is 110 Å². The molecule has 0 aromatic heterocycles. The number of nitrogens with one attached hydrogen (secondary N) is 1. The van der Waals surface area contributed by atoms with Crippen molar-refractivity contribution in [1.82, 2.24) is 0 Å². The Morgan fingerprint density at radius 2 is 2.11 bits per heavy atom. The second kappa shape index (κ2) is 5.54. The smallest absolute Gasteiger partial charge is 0.412 e. The first-order chi connectivity index (χ1) is 8.23. The third-order valence-corrected chi connectivity index (χ3v) is 2.19. The molecule has 0 bridgehead atoms.